The molecule has 0 heterocycles. The van der Waals surface area contributed by atoms with Crippen LogP contribution in [0.15, 0.2) is 24.3 Å². The Morgan fingerprint density at radius 1 is 1.16 bits per heavy atom. The van der Waals surface area contributed by atoms with Crippen LogP contribution in [0.3, 0.4) is 0 Å². The Balaban J connectivity index is 1.98. The molecule has 1 fully saturated rings. The first-order chi connectivity index (χ1) is 9.20. The highest BCUT2D eigenvalue weighted by Gasteiger charge is 2.27. The zero-order valence-electron chi connectivity index (χ0n) is 12.2. The first-order valence-corrected chi connectivity index (χ1v) is 7.67. The largest absolute Gasteiger partial charge is 0.396 e. The summed E-state index contributed by atoms with van der Waals surface area (Å²) in [5, 5.41) is 12.6. The van der Waals surface area contributed by atoms with Gasteiger partial charge in [0.25, 0.3) is 0 Å². The molecule has 1 saturated carbocycles. The predicted molar refractivity (Wildman–Crippen MR) is 81.4 cm³/mol. The lowest BCUT2D eigenvalue weighted by molar-refractivity contribution is 0.254. The minimum atomic E-state index is 0.227. The molecule has 0 spiro atoms. The van der Waals surface area contributed by atoms with Gasteiger partial charge in [0.15, 0.2) is 0 Å². The number of aliphatic hydroxyl groups is 1. The smallest absolute Gasteiger partial charge is 0.0471 e. The van der Waals surface area contributed by atoms with Crippen molar-refractivity contribution in [2.75, 3.05) is 11.9 Å². The molecule has 1 aromatic carbocycles. The second kappa shape index (κ2) is 6.95. The number of hydrogen-bond acceptors (Lipinski definition) is 2. The molecule has 1 aliphatic carbocycles. The molecule has 0 amide bonds. The van der Waals surface area contributed by atoms with Crippen molar-refractivity contribution in [2.45, 2.75) is 52.0 Å². The zero-order valence-corrected chi connectivity index (χ0v) is 12.2. The second-order valence-corrected chi connectivity index (χ2v) is 6.11. The van der Waals surface area contributed by atoms with Gasteiger partial charge in [-0.3, -0.25) is 0 Å². The number of hydrogen-bond donors (Lipinski definition) is 2. The van der Waals surface area contributed by atoms with Gasteiger partial charge in [-0.25, -0.2) is 0 Å². The fraction of sp³-hybridized carbons (Fsp3) is 0.647. The van der Waals surface area contributed by atoms with Crippen LogP contribution in [-0.2, 0) is 6.42 Å². The molecule has 0 bridgehead atoms. The summed E-state index contributed by atoms with van der Waals surface area (Å²) in [5.41, 5.74) is 2.43. The highest BCUT2D eigenvalue weighted by atomic mass is 16.2. The maximum Gasteiger partial charge on any atom is 0.0471 e. The number of rotatable bonds is 5. The topological polar surface area (TPSA) is 32.3 Å². The molecule has 0 aliphatic heterocycles. The Morgan fingerprint density at radius 2 is 1.84 bits per heavy atom. The standard InChI is InChI=1S/C17H27NO/c1-13(2)16-5-3-4-6-17(16)18-15-9-7-14(8-10-15)11-12-19/h7-10,13,16-19H,3-6,11-12H2,1-2H3. The summed E-state index contributed by atoms with van der Waals surface area (Å²) in [5.74, 6) is 1.55. The quantitative estimate of drug-likeness (QED) is 0.844. The number of nitrogens with one attached hydrogen (secondary N) is 1. The van der Waals surface area contributed by atoms with E-state index in [2.05, 4.69) is 43.4 Å². The maximum absolute atomic E-state index is 8.93. The van der Waals surface area contributed by atoms with Gasteiger partial charge in [0.05, 0.1) is 0 Å². The molecule has 2 N–H and O–H groups in total. The molecule has 0 aromatic heterocycles. The number of benzene rings is 1. The fourth-order valence-corrected chi connectivity index (χ4v) is 3.25. The Hall–Kier alpha value is -1.02. The molecule has 106 valence electrons. The summed E-state index contributed by atoms with van der Waals surface area (Å²) >= 11 is 0. The van der Waals surface area contributed by atoms with E-state index in [9.17, 15) is 0 Å². The molecule has 1 aromatic rings. The van der Waals surface area contributed by atoms with E-state index in [0.29, 0.717) is 6.04 Å². The monoisotopic (exact) mass is 261 g/mol. The molecule has 2 atom stereocenters. The molecular formula is C17H27NO. The van der Waals surface area contributed by atoms with Crippen LogP contribution >= 0.6 is 0 Å². The third-order valence-electron chi connectivity index (χ3n) is 4.38. The molecular weight excluding hydrogens is 234 g/mol. The Bertz CT molecular complexity index is 371. The van der Waals surface area contributed by atoms with E-state index in [1.807, 2.05) is 0 Å². The summed E-state index contributed by atoms with van der Waals surface area (Å²) in [4.78, 5) is 0. The van der Waals surface area contributed by atoms with Crippen LogP contribution in [0.5, 0.6) is 0 Å². The Kier molecular flexibility index (Phi) is 5.26. The summed E-state index contributed by atoms with van der Waals surface area (Å²) < 4.78 is 0. The third-order valence-corrected chi connectivity index (χ3v) is 4.38. The second-order valence-electron chi connectivity index (χ2n) is 6.11. The summed E-state index contributed by atoms with van der Waals surface area (Å²) in [6, 6.07) is 9.16. The van der Waals surface area contributed by atoms with Gasteiger partial charge < -0.3 is 10.4 Å². The van der Waals surface area contributed by atoms with Gasteiger partial charge >= 0.3 is 0 Å². The van der Waals surface area contributed by atoms with Gasteiger partial charge in [0.1, 0.15) is 0 Å². The van der Waals surface area contributed by atoms with E-state index in [-0.39, 0.29) is 6.61 Å². The van der Waals surface area contributed by atoms with Crippen molar-refractivity contribution in [3.8, 4) is 0 Å². The van der Waals surface area contributed by atoms with Gasteiger partial charge in [-0.15, -0.1) is 0 Å². The minimum Gasteiger partial charge on any atom is -0.396 e. The fourth-order valence-electron chi connectivity index (χ4n) is 3.25. The first kappa shape index (κ1) is 14.4. The van der Waals surface area contributed by atoms with Crippen molar-refractivity contribution in [3.63, 3.8) is 0 Å². The summed E-state index contributed by atoms with van der Waals surface area (Å²) in [7, 11) is 0. The minimum absolute atomic E-state index is 0.227. The Labute approximate surface area is 117 Å². The van der Waals surface area contributed by atoms with E-state index in [0.717, 1.165) is 18.3 Å². The molecule has 19 heavy (non-hydrogen) atoms. The summed E-state index contributed by atoms with van der Waals surface area (Å²) in [6.45, 7) is 4.91. The van der Waals surface area contributed by atoms with Crippen LogP contribution in [0.4, 0.5) is 5.69 Å². The zero-order chi connectivity index (χ0) is 13.7. The predicted octanol–water partition coefficient (Wildman–Crippen LogP) is 3.85. The van der Waals surface area contributed by atoms with E-state index in [1.165, 1.54) is 36.9 Å². The van der Waals surface area contributed by atoms with Crippen LogP contribution in [0, 0.1) is 11.8 Å². The van der Waals surface area contributed by atoms with E-state index >= 15 is 0 Å². The molecule has 0 radical (unpaired) electrons. The summed E-state index contributed by atoms with van der Waals surface area (Å²) in [6.07, 6.45) is 6.14. The van der Waals surface area contributed by atoms with Gasteiger partial charge in [0.2, 0.25) is 0 Å². The maximum atomic E-state index is 8.93. The van der Waals surface area contributed by atoms with Crippen LogP contribution in [-0.4, -0.2) is 17.8 Å². The molecule has 2 rings (SSSR count). The van der Waals surface area contributed by atoms with Gasteiger partial charge in [-0.2, -0.15) is 0 Å². The lowest BCUT2D eigenvalue weighted by Crippen LogP contribution is -2.35. The first-order valence-electron chi connectivity index (χ1n) is 7.67. The van der Waals surface area contributed by atoms with Crippen molar-refractivity contribution >= 4 is 5.69 Å². The lowest BCUT2D eigenvalue weighted by atomic mass is 9.78. The molecule has 0 saturated heterocycles. The molecule has 2 nitrogen and oxygen atoms in total. The SMILES string of the molecule is CC(C)C1CCCCC1Nc1ccc(CCO)cc1. The average Bonchev–Trinajstić information content (AvgIpc) is 2.42. The number of aliphatic hydroxyl groups excluding tert-OH is 1. The van der Waals surface area contributed by atoms with E-state index in [1.54, 1.807) is 0 Å². The van der Waals surface area contributed by atoms with Crippen LogP contribution in [0.1, 0.15) is 45.1 Å². The molecule has 2 heteroatoms. The van der Waals surface area contributed by atoms with Crippen LogP contribution in [0.25, 0.3) is 0 Å². The Morgan fingerprint density at radius 3 is 2.47 bits per heavy atom. The normalized spacial score (nSPS) is 23.6. The van der Waals surface area contributed by atoms with Gasteiger partial charge in [0, 0.05) is 18.3 Å². The molecule has 2 unspecified atom stereocenters. The van der Waals surface area contributed by atoms with Crippen LogP contribution in [0.2, 0.25) is 0 Å². The lowest BCUT2D eigenvalue weighted by Gasteiger charge is -2.35. The van der Waals surface area contributed by atoms with Crippen molar-refractivity contribution in [3.05, 3.63) is 29.8 Å². The van der Waals surface area contributed by atoms with Crippen molar-refractivity contribution in [2.24, 2.45) is 11.8 Å². The van der Waals surface area contributed by atoms with Crippen molar-refractivity contribution < 1.29 is 5.11 Å². The average molecular weight is 261 g/mol. The van der Waals surface area contributed by atoms with Gasteiger partial charge in [-0.05, 0) is 48.8 Å². The van der Waals surface area contributed by atoms with E-state index < -0.39 is 0 Å². The number of anilines is 1. The van der Waals surface area contributed by atoms with E-state index in [4.69, 9.17) is 5.11 Å². The van der Waals surface area contributed by atoms with Gasteiger partial charge in [-0.1, -0.05) is 38.8 Å². The third kappa shape index (κ3) is 3.97. The van der Waals surface area contributed by atoms with Crippen molar-refractivity contribution in [1.82, 2.24) is 0 Å². The van der Waals surface area contributed by atoms with Crippen LogP contribution < -0.4 is 5.32 Å². The molecule has 1 aliphatic rings. The highest BCUT2D eigenvalue weighted by Crippen LogP contribution is 2.32. The highest BCUT2D eigenvalue weighted by molar-refractivity contribution is 5.45. The van der Waals surface area contributed by atoms with Crippen molar-refractivity contribution in [1.29, 1.82) is 0 Å².